The summed E-state index contributed by atoms with van der Waals surface area (Å²) < 4.78 is 5.39. The van der Waals surface area contributed by atoms with Crippen molar-refractivity contribution in [3.63, 3.8) is 0 Å². The fourth-order valence-corrected chi connectivity index (χ4v) is 3.40. The standard InChI is InChI=1S/C24H39NO2/c1-10-13-24(8,9)16-20-12-11-19(14-18(20)4)15-21(17(2)3)25-22(26)27-23(5,6)7/h11-12,14,21H,2,10,13,15-16H2,1,3-9H3,(H,25,26). The third kappa shape index (κ3) is 8.64. The van der Waals surface area contributed by atoms with E-state index in [9.17, 15) is 4.79 Å². The zero-order valence-corrected chi connectivity index (χ0v) is 18.7. The number of hydrogen-bond acceptors (Lipinski definition) is 2. The maximum absolute atomic E-state index is 12.1. The first-order valence-corrected chi connectivity index (χ1v) is 10.1. The molecule has 0 fully saturated rings. The van der Waals surface area contributed by atoms with E-state index in [0.29, 0.717) is 11.8 Å². The van der Waals surface area contributed by atoms with Crippen LogP contribution in [0.2, 0.25) is 0 Å². The van der Waals surface area contributed by atoms with Gasteiger partial charge in [-0.1, -0.05) is 57.5 Å². The van der Waals surface area contributed by atoms with Gasteiger partial charge in [-0.3, -0.25) is 0 Å². The molecule has 0 aliphatic heterocycles. The summed E-state index contributed by atoms with van der Waals surface area (Å²) in [6.45, 7) is 20.7. The SMILES string of the molecule is C=C(C)C(Cc1ccc(CC(C)(C)CCC)c(C)c1)NC(=O)OC(C)(C)C. The number of rotatable bonds is 8. The average Bonchev–Trinajstić information content (AvgIpc) is 2.47. The smallest absolute Gasteiger partial charge is 0.408 e. The van der Waals surface area contributed by atoms with Gasteiger partial charge < -0.3 is 10.1 Å². The molecule has 0 spiro atoms. The van der Waals surface area contributed by atoms with Gasteiger partial charge in [0, 0.05) is 0 Å². The second-order valence-corrected chi connectivity index (χ2v) is 9.60. The van der Waals surface area contributed by atoms with Gasteiger partial charge >= 0.3 is 6.09 Å². The van der Waals surface area contributed by atoms with Crippen LogP contribution in [0.5, 0.6) is 0 Å². The minimum absolute atomic E-state index is 0.137. The van der Waals surface area contributed by atoms with Crippen molar-refractivity contribution in [2.24, 2.45) is 5.41 Å². The first-order chi connectivity index (χ1) is 12.3. The molecule has 0 aromatic heterocycles. The van der Waals surface area contributed by atoms with Crippen LogP contribution in [0, 0.1) is 12.3 Å². The Morgan fingerprint density at radius 1 is 1.22 bits per heavy atom. The average molecular weight is 374 g/mol. The number of carbonyl (C=O) groups excluding carboxylic acids is 1. The van der Waals surface area contributed by atoms with Crippen molar-refractivity contribution < 1.29 is 9.53 Å². The number of benzene rings is 1. The van der Waals surface area contributed by atoms with Gasteiger partial charge in [0.1, 0.15) is 5.60 Å². The maximum Gasteiger partial charge on any atom is 0.408 e. The normalized spacial score (nSPS) is 13.2. The van der Waals surface area contributed by atoms with Crippen LogP contribution in [0.3, 0.4) is 0 Å². The number of carbonyl (C=O) groups is 1. The van der Waals surface area contributed by atoms with Crippen molar-refractivity contribution in [1.82, 2.24) is 5.32 Å². The molecular formula is C24H39NO2. The summed E-state index contributed by atoms with van der Waals surface area (Å²) in [5.74, 6) is 0. The number of ether oxygens (including phenoxy) is 1. The zero-order chi connectivity index (χ0) is 20.8. The Bertz CT molecular complexity index is 653. The summed E-state index contributed by atoms with van der Waals surface area (Å²) in [4.78, 5) is 12.1. The first-order valence-electron chi connectivity index (χ1n) is 10.1. The summed E-state index contributed by atoms with van der Waals surface area (Å²) in [7, 11) is 0. The lowest BCUT2D eigenvalue weighted by Gasteiger charge is -2.26. The molecule has 0 bridgehead atoms. The Morgan fingerprint density at radius 3 is 2.33 bits per heavy atom. The quantitative estimate of drug-likeness (QED) is 0.537. The molecule has 1 aromatic rings. The Morgan fingerprint density at radius 2 is 1.85 bits per heavy atom. The van der Waals surface area contributed by atoms with Crippen LogP contribution in [-0.2, 0) is 17.6 Å². The third-order valence-electron chi connectivity index (χ3n) is 4.73. The molecule has 3 heteroatoms. The van der Waals surface area contributed by atoms with E-state index in [1.165, 1.54) is 29.5 Å². The summed E-state index contributed by atoms with van der Waals surface area (Å²) in [5, 5.41) is 2.95. The largest absolute Gasteiger partial charge is 0.444 e. The van der Waals surface area contributed by atoms with E-state index in [-0.39, 0.29) is 6.04 Å². The number of nitrogens with one attached hydrogen (secondary N) is 1. The Balaban J connectivity index is 2.85. The second-order valence-electron chi connectivity index (χ2n) is 9.60. The van der Waals surface area contributed by atoms with Crippen molar-refractivity contribution in [2.75, 3.05) is 0 Å². The molecule has 152 valence electrons. The van der Waals surface area contributed by atoms with E-state index in [2.05, 4.69) is 57.8 Å². The summed E-state index contributed by atoms with van der Waals surface area (Å²) in [5.41, 5.74) is 4.66. The number of amides is 1. The third-order valence-corrected chi connectivity index (χ3v) is 4.73. The Hall–Kier alpha value is -1.77. The van der Waals surface area contributed by atoms with Gasteiger partial charge in [-0.2, -0.15) is 0 Å². The van der Waals surface area contributed by atoms with Crippen LogP contribution >= 0.6 is 0 Å². The molecule has 1 amide bonds. The van der Waals surface area contributed by atoms with E-state index in [0.717, 1.165) is 12.0 Å². The van der Waals surface area contributed by atoms with E-state index in [4.69, 9.17) is 4.74 Å². The summed E-state index contributed by atoms with van der Waals surface area (Å²) in [6.07, 6.45) is 3.85. The van der Waals surface area contributed by atoms with Crippen LogP contribution in [0.4, 0.5) is 4.79 Å². The molecule has 0 radical (unpaired) electrons. The number of hydrogen-bond donors (Lipinski definition) is 1. The monoisotopic (exact) mass is 373 g/mol. The highest BCUT2D eigenvalue weighted by molar-refractivity contribution is 5.68. The highest BCUT2D eigenvalue weighted by atomic mass is 16.6. The number of alkyl carbamates (subject to hydrolysis) is 1. The zero-order valence-electron chi connectivity index (χ0n) is 18.7. The Labute approximate surface area is 166 Å². The van der Waals surface area contributed by atoms with Crippen LogP contribution in [0.1, 0.15) is 78.0 Å². The lowest BCUT2D eigenvalue weighted by molar-refractivity contribution is 0.0512. The maximum atomic E-state index is 12.1. The molecule has 0 aliphatic rings. The van der Waals surface area contributed by atoms with Crippen molar-refractivity contribution in [2.45, 2.75) is 92.7 Å². The molecule has 1 N–H and O–H groups in total. The fraction of sp³-hybridized carbons (Fsp3) is 0.625. The molecule has 0 saturated heterocycles. The van der Waals surface area contributed by atoms with Crippen LogP contribution < -0.4 is 5.32 Å². The highest BCUT2D eigenvalue weighted by Crippen LogP contribution is 2.29. The van der Waals surface area contributed by atoms with Gasteiger partial charge in [0.05, 0.1) is 6.04 Å². The second kappa shape index (κ2) is 9.43. The molecule has 1 unspecified atom stereocenters. The van der Waals surface area contributed by atoms with Gasteiger partial charge in [-0.15, -0.1) is 0 Å². The molecule has 0 heterocycles. The fourth-order valence-electron chi connectivity index (χ4n) is 3.40. The van der Waals surface area contributed by atoms with E-state index in [1.54, 1.807) is 0 Å². The van der Waals surface area contributed by atoms with Crippen LogP contribution in [0.25, 0.3) is 0 Å². The van der Waals surface area contributed by atoms with Gasteiger partial charge in [-0.05, 0) is 76.0 Å². The van der Waals surface area contributed by atoms with E-state index in [1.807, 2.05) is 27.7 Å². The lowest BCUT2D eigenvalue weighted by atomic mass is 9.80. The highest BCUT2D eigenvalue weighted by Gasteiger charge is 2.21. The van der Waals surface area contributed by atoms with Gasteiger partial charge in [0.15, 0.2) is 0 Å². The molecule has 0 saturated carbocycles. The molecule has 1 atom stereocenters. The minimum atomic E-state index is -0.507. The van der Waals surface area contributed by atoms with Gasteiger partial charge in [0.2, 0.25) is 0 Å². The topological polar surface area (TPSA) is 38.3 Å². The summed E-state index contributed by atoms with van der Waals surface area (Å²) >= 11 is 0. The van der Waals surface area contributed by atoms with Gasteiger partial charge in [-0.25, -0.2) is 4.79 Å². The van der Waals surface area contributed by atoms with Crippen molar-refractivity contribution in [1.29, 1.82) is 0 Å². The Kier molecular flexibility index (Phi) is 8.13. The van der Waals surface area contributed by atoms with Crippen LogP contribution in [0.15, 0.2) is 30.4 Å². The van der Waals surface area contributed by atoms with E-state index >= 15 is 0 Å². The van der Waals surface area contributed by atoms with Crippen molar-refractivity contribution >= 4 is 6.09 Å². The predicted molar refractivity (Wildman–Crippen MR) is 115 cm³/mol. The van der Waals surface area contributed by atoms with E-state index < -0.39 is 11.7 Å². The molecule has 3 nitrogen and oxygen atoms in total. The minimum Gasteiger partial charge on any atom is -0.444 e. The predicted octanol–water partition coefficient (Wildman–Crippen LogP) is 6.38. The number of aryl methyl sites for hydroxylation is 1. The lowest BCUT2D eigenvalue weighted by Crippen LogP contribution is -2.40. The molecule has 27 heavy (non-hydrogen) atoms. The van der Waals surface area contributed by atoms with Crippen molar-refractivity contribution in [3.8, 4) is 0 Å². The van der Waals surface area contributed by atoms with Gasteiger partial charge in [0.25, 0.3) is 0 Å². The van der Waals surface area contributed by atoms with Crippen molar-refractivity contribution in [3.05, 3.63) is 47.0 Å². The first kappa shape index (κ1) is 23.3. The summed E-state index contributed by atoms with van der Waals surface area (Å²) in [6, 6.07) is 6.52. The molecule has 0 aliphatic carbocycles. The molecule has 1 aromatic carbocycles. The molecular weight excluding hydrogens is 334 g/mol. The van der Waals surface area contributed by atoms with Crippen LogP contribution in [-0.4, -0.2) is 17.7 Å². The molecule has 1 rings (SSSR count).